The Hall–Kier alpha value is -1.99. The number of anilines is 1. The zero-order valence-corrected chi connectivity index (χ0v) is 11.2. The second kappa shape index (κ2) is 5.33. The molecule has 1 aromatic heterocycles. The molecule has 0 saturated heterocycles. The number of nitrogens with zero attached hydrogens (tertiary/aromatic N) is 2. The maximum atomic E-state index is 11.3. The van der Waals surface area contributed by atoms with Crippen molar-refractivity contribution < 1.29 is 8.42 Å². The number of benzene rings is 1. The average Bonchev–Trinajstić information content (AvgIpc) is 2.37. The van der Waals surface area contributed by atoms with Crippen LogP contribution in [0.15, 0.2) is 41.7 Å². The van der Waals surface area contributed by atoms with Gasteiger partial charge in [0.15, 0.2) is 0 Å². The standard InChI is InChI=1S/C12H14N4O2S/c1-9-2-3-11(19(13,17)18)6-12(9)15-7-10-4-5-14-8-16-10/h2-6,8,15H,7H2,1H3,(H2,13,17,18). The normalized spacial score (nSPS) is 11.3. The molecule has 1 aromatic carbocycles. The molecule has 0 radical (unpaired) electrons. The Balaban J connectivity index is 2.21. The Kier molecular flexibility index (Phi) is 3.77. The van der Waals surface area contributed by atoms with Gasteiger partial charge in [-0.2, -0.15) is 0 Å². The smallest absolute Gasteiger partial charge is 0.238 e. The van der Waals surface area contributed by atoms with Crippen LogP contribution < -0.4 is 10.5 Å². The second-order valence-electron chi connectivity index (χ2n) is 4.08. The van der Waals surface area contributed by atoms with Crippen molar-refractivity contribution in [2.24, 2.45) is 5.14 Å². The topological polar surface area (TPSA) is 98.0 Å². The largest absolute Gasteiger partial charge is 0.379 e. The molecule has 7 heteroatoms. The van der Waals surface area contributed by atoms with E-state index in [1.54, 1.807) is 18.3 Å². The molecule has 0 atom stereocenters. The molecule has 0 bridgehead atoms. The van der Waals surface area contributed by atoms with Crippen molar-refractivity contribution in [3.63, 3.8) is 0 Å². The van der Waals surface area contributed by atoms with Gasteiger partial charge in [0.05, 0.1) is 17.1 Å². The summed E-state index contributed by atoms with van der Waals surface area (Å²) in [5.41, 5.74) is 2.46. The molecule has 0 fully saturated rings. The molecule has 0 saturated carbocycles. The van der Waals surface area contributed by atoms with Crippen LogP contribution in [-0.2, 0) is 16.6 Å². The molecule has 0 unspecified atom stereocenters. The van der Waals surface area contributed by atoms with E-state index in [-0.39, 0.29) is 4.90 Å². The quantitative estimate of drug-likeness (QED) is 0.871. The summed E-state index contributed by atoms with van der Waals surface area (Å²) in [6, 6.07) is 6.50. The van der Waals surface area contributed by atoms with Gasteiger partial charge in [-0.15, -0.1) is 0 Å². The molecular formula is C12H14N4O2S. The third-order valence-corrected chi connectivity index (χ3v) is 3.55. The highest BCUT2D eigenvalue weighted by Gasteiger charge is 2.09. The summed E-state index contributed by atoms with van der Waals surface area (Å²) in [4.78, 5) is 7.99. The maximum Gasteiger partial charge on any atom is 0.238 e. The minimum absolute atomic E-state index is 0.0864. The highest BCUT2D eigenvalue weighted by molar-refractivity contribution is 7.89. The van der Waals surface area contributed by atoms with Gasteiger partial charge < -0.3 is 5.32 Å². The molecule has 19 heavy (non-hydrogen) atoms. The van der Waals surface area contributed by atoms with Crippen LogP contribution in [0.1, 0.15) is 11.3 Å². The van der Waals surface area contributed by atoms with Crippen molar-refractivity contribution in [1.82, 2.24) is 9.97 Å². The van der Waals surface area contributed by atoms with Crippen LogP contribution in [0.5, 0.6) is 0 Å². The lowest BCUT2D eigenvalue weighted by atomic mass is 10.2. The first-order valence-electron chi connectivity index (χ1n) is 5.59. The van der Waals surface area contributed by atoms with Gasteiger partial charge in [0.1, 0.15) is 6.33 Å². The number of sulfonamides is 1. The second-order valence-corrected chi connectivity index (χ2v) is 5.64. The monoisotopic (exact) mass is 278 g/mol. The van der Waals surface area contributed by atoms with Crippen LogP contribution in [0.4, 0.5) is 5.69 Å². The van der Waals surface area contributed by atoms with Crippen molar-refractivity contribution in [2.75, 3.05) is 5.32 Å². The Bertz CT molecular complexity index is 671. The predicted octanol–water partition coefficient (Wildman–Crippen LogP) is 1.04. The summed E-state index contributed by atoms with van der Waals surface area (Å²) in [6.07, 6.45) is 3.11. The van der Waals surface area contributed by atoms with Crippen LogP contribution in [-0.4, -0.2) is 18.4 Å². The van der Waals surface area contributed by atoms with E-state index in [0.29, 0.717) is 12.2 Å². The minimum Gasteiger partial charge on any atom is -0.379 e. The zero-order chi connectivity index (χ0) is 13.9. The molecule has 0 spiro atoms. The number of aryl methyl sites for hydroxylation is 1. The molecule has 6 nitrogen and oxygen atoms in total. The van der Waals surface area contributed by atoms with Crippen molar-refractivity contribution in [1.29, 1.82) is 0 Å². The van der Waals surface area contributed by atoms with Gasteiger partial charge in [-0.1, -0.05) is 6.07 Å². The number of nitrogens with two attached hydrogens (primary N) is 1. The van der Waals surface area contributed by atoms with Crippen molar-refractivity contribution in [2.45, 2.75) is 18.4 Å². The van der Waals surface area contributed by atoms with E-state index in [4.69, 9.17) is 5.14 Å². The van der Waals surface area contributed by atoms with Crippen molar-refractivity contribution >= 4 is 15.7 Å². The SMILES string of the molecule is Cc1ccc(S(N)(=O)=O)cc1NCc1ccncn1. The molecular weight excluding hydrogens is 264 g/mol. The number of nitrogens with one attached hydrogen (secondary N) is 1. The van der Waals surface area contributed by atoms with Crippen LogP contribution in [0.2, 0.25) is 0 Å². The number of rotatable bonds is 4. The van der Waals surface area contributed by atoms with Crippen LogP contribution in [0, 0.1) is 6.92 Å². The number of hydrogen-bond acceptors (Lipinski definition) is 5. The number of aromatic nitrogens is 2. The summed E-state index contributed by atoms with van der Waals surface area (Å²) < 4.78 is 22.6. The fraction of sp³-hybridized carbons (Fsp3) is 0.167. The maximum absolute atomic E-state index is 11.3. The number of hydrogen-bond donors (Lipinski definition) is 2. The van der Waals surface area contributed by atoms with E-state index in [1.807, 2.05) is 6.92 Å². The Morgan fingerprint density at radius 1 is 1.32 bits per heavy atom. The molecule has 2 aromatic rings. The molecule has 0 amide bonds. The summed E-state index contributed by atoms with van der Waals surface area (Å²) in [5, 5.41) is 8.24. The van der Waals surface area contributed by atoms with E-state index in [1.165, 1.54) is 18.5 Å². The van der Waals surface area contributed by atoms with Crippen LogP contribution >= 0.6 is 0 Å². The highest BCUT2D eigenvalue weighted by Crippen LogP contribution is 2.19. The fourth-order valence-corrected chi connectivity index (χ4v) is 2.12. The Morgan fingerprint density at radius 3 is 2.74 bits per heavy atom. The summed E-state index contributed by atoms with van der Waals surface area (Å²) >= 11 is 0. The molecule has 100 valence electrons. The van der Waals surface area contributed by atoms with Crippen molar-refractivity contribution in [3.8, 4) is 0 Å². The van der Waals surface area contributed by atoms with E-state index in [9.17, 15) is 8.42 Å². The third kappa shape index (κ3) is 3.49. The van der Waals surface area contributed by atoms with Gasteiger partial charge in [-0.3, -0.25) is 0 Å². The lowest BCUT2D eigenvalue weighted by Gasteiger charge is -2.10. The average molecular weight is 278 g/mol. The molecule has 0 aliphatic rings. The van der Waals surface area contributed by atoms with Gasteiger partial charge in [-0.25, -0.2) is 23.5 Å². The lowest BCUT2D eigenvalue weighted by Crippen LogP contribution is -2.13. The van der Waals surface area contributed by atoms with E-state index in [0.717, 1.165) is 11.3 Å². The zero-order valence-electron chi connectivity index (χ0n) is 10.4. The third-order valence-electron chi connectivity index (χ3n) is 2.64. The minimum atomic E-state index is -3.69. The first kappa shape index (κ1) is 13.4. The van der Waals surface area contributed by atoms with E-state index in [2.05, 4.69) is 15.3 Å². The van der Waals surface area contributed by atoms with Crippen LogP contribution in [0.25, 0.3) is 0 Å². The van der Waals surface area contributed by atoms with Gasteiger partial charge in [0.25, 0.3) is 0 Å². The first-order valence-corrected chi connectivity index (χ1v) is 7.13. The van der Waals surface area contributed by atoms with Crippen molar-refractivity contribution in [3.05, 3.63) is 48.0 Å². The number of primary sulfonamides is 1. The first-order chi connectivity index (χ1) is 8.97. The molecule has 3 N–H and O–H groups in total. The molecule has 0 aliphatic carbocycles. The van der Waals surface area contributed by atoms with Gasteiger partial charge in [0.2, 0.25) is 10.0 Å². The van der Waals surface area contributed by atoms with E-state index >= 15 is 0 Å². The summed E-state index contributed by atoms with van der Waals surface area (Å²) in [5.74, 6) is 0. The Labute approximate surface area is 111 Å². The highest BCUT2D eigenvalue weighted by atomic mass is 32.2. The summed E-state index contributed by atoms with van der Waals surface area (Å²) in [7, 11) is -3.69. The predicted molar refractivity (Wildman–Crippen MR) is 71.9 cm³/mol. The van der Waals surface area contributed by atoms with E-state index < -0.39 is 10.0 Å². The molecule has 2 rings (SSSR count). The summed E-state index contributed by atoms with van der Waals surface area (Å²) in [6.45, 7) is 2.37. The fourth-order valence-electron chi connectivity index (χ4n) is 1.58. The Morgan fingerprint density at radius 2 is 2.11 bits per heavy atom. The molecule has 1 heterocycles. The van der Waals surface area contributed by atoms with Gasteiger partial charge in [-0.05, 0) is 30.7 Å². The van der Waals surface area contributed by atoms with Gasteiger partial charge in [0, 0.05) is 11.9 Å². The van der Waals surface area contributed by atoms with Crippen LogP contribution in [0.3, 0.4) is 0 Å². The lowest BCUT2D eigenvalue weighted by molar-refractivity contribution is 0.598. The van der Waals surface area contributed by atoms with Gasteiger partial charge >= 0.3 is 0 Å². The molecule has 0 aliphatic heterocycles.